The normalized spacial score (nSPS) is 19.3. The van der Waals surface area contributed by atoms with E-state index < -0.39 is 0 Å². The Bertz CT molecular complexity index is 1480. The number of benzene rings is 1. The van der Waals surface area contributed by atoms with E-state index in [1.54, 1.807) is 53.2 Å². The minimum atomic E-state index is -0.322. The standard InChI is InChI=1S/C28H33N7O7/c1-33-11-10-29-23(36)12-17-13-34(28(38)20-8-9-24(40-3)30-26(20)41-4)15-21(17)35-14-18(31-32-35)16-42-25-19(27(33)37)6-5-7-22(25)39-2/h5-9,14,17,21H,10-13,15-16H2,1-4H3,(H,29,36)/t17-,21+/m0/s1. The molecule has 2 aliphatic rings. The lowest BCUT2D eigenvalue weighted by Crippen LogP contribution is -2.37. The fraction of sp³-hybridized carbons (Fsp3) is 0.429. The van der Waals surface area contributed by atoms with Crippen molar-refractivity contribution in [2.75, 3.05) is 54.6 Å². The second-order valence-corrected chi connectivity index (χ2v) is 10.0. The Labute approximate surface area is 242 Å². The van der Waals surface area contributed by atoms with Gasteiger partial charge < -0.3 is 34.1 Å². The van der Waals surface area contributed by atoms with E-state index >= 15 is 0 Å². The largest absolute Gasteiger partial charge is 0.493 e. The van der Waals surface area contributed by atoms with Gasteiger partial charge in [-0.05, 0) is 18.2 Å². The number of fused-ring (bicyclic) bond motifs is 5. The van der Waals surface area contributed by atoms with Crippen molar-refractivity contribution < 1.29 is 33.3 Å². The zero-order valence-electron chi connectivity index (χ0n) is 23.9. The van der Waals surface area contributed by atoms with Crippen molar-refractivity contribution in [1.29, 1.82) is 0 Å². The van der Waals surface area contributed by atoms with Gasteiger partial charge >= 0.3 is 0 Å². The Balaban J connectivity index is 1.44. The van der Waals surface area contributed by atoms with Gasteiger partial charge in [-0.15, -0.1) is 5.10 Å². The lowest BCUT2D eigenvalue weighted by atomic mass is 9.99. The van der Waals surface area contributed by atoms with E-state index in [0.717, 1.165) is 0 Å². The van der Waals surface area contributed by atoms with E-state index in [1.165, 1.54) is 26.2 Å². The SMILES string of the molecule is COc1ccc(C(=O)N2C[C@@H]3CC(=O)NCCN(C)C(=O)c4cccc(OC)c4OCc4cn(nn4)[C@@H]3C2)c(OC)n1. The first-order valence-corrected chi connectivity index (χ1v) is 13.4. The van der Waals surface area contributed by atoms with Gasteiger partial charge in [0, 0.05) is 51.6 Å². The summed E-state index contributed by atoms with van der Waals surface area (Å²) in [6, 6.07) is 7.98. The van der Waals surface area contributed by atoms with Gasteiger partial charge in [0.05, 0.1) is 39.1 Å². The number of likely N-dealkylation sites (tertiary alicyclic amines) is 1. The van der Waals surface area contributed by atoms with Crippen LogP contribution in [0, 0.1) is 5.92 Å². The Morgan fingerprint density at radius 3 is 2.67 bits per heavy atom. The zero-order valence-corrected chi connectivity index (χ0v) is 23.9. The summed E-state index contributed by atoms with van der Waals surface area (Å²) in [5, 5.41) is 11.5. The van der Waals surface area contributed by atoms with Crippen LogP contribution in [0.15, 0.2) is 36.5 Å². The van der Waals surface area contributed by atoms with Crippen molar-refractivity contribution in [3.8, 4) is 23.3 Å². The molecule has 0 unspecified atom stereocenters. The van der Waals surface area contributed by atoms with E-state index in [1.807, 2.05) is 0 Å². The molecule has 2 aromatic heterocycles. The third-order valence-corrected chi connectivity index (χ3v) is 7.42. The monoisotopic (exact) mass is 579 g/mol. The van der Waals surface area contributed by atoms with Crippen LogP contribution in [0.25, 0.3) is 0 Å². The Morgan fingerprint density at radius 2 is 1.90 bits per heavy atom. The summed E-state index contributed by atoms with van der Waals surface area (Å²) in [4.78, 5) is 47.3. The first-order valence-electron chi connectivity index (χ1n) is 13.4. The molecule has 4 heterocycles. The molecule has 0 aliphatic carbocycles. The molecular weight excluding hydrogens is 546 g/mol. The maximum atomic E-state index is 13.6. The van der Waals surface area contributed by atoms with E-state index in [4.69, 9.17) is 18.9 Å². The smallest absolute Gasteiger partial charge is 0.259 e. The van der Waals surface area contributed by atoms with Crippen LogP contribution in [0.2, 0.25) is 0 Å². The minimum Gasteiger partial charge on any atom is -0.493 e. The number of amides is 3. The van der Waals surface area contributed by atoms with Crippen LogP contribution in [-0.4, -0.2) is 102 Å². The molecule has 0 radical (unpaired) electrons. The number of nitrogens with one attached hydrogen (secondary N) is 1. The zero-order chi connectivity index (χ0) is 29.8. The summed E-state index contributed by atoms with van der Waals surface area (Å²) in [7, 11) is 6.08. The van der Waals surface area contributed by atoms with Crippen LogP contribution in [0.3, 0.4) is 0 Å². The maximum Gasteiger partial charge on any atom is 0.259 e. The number of para-hydroxylation sites is 1. The van der Waals surface area contributed by atoms with Gasteiger partial charge in [-0.2, -0.15) is 4.98 Å². The number of hydrogen-bond acceptors (Lipinski definition) is 10. The average molecular weight is 580 g/mol. The number of aromatic nitrogens is 4. The summed E-state index contributed by atoms with van der Waals surface area (Å²) >= 11 is 0. The molecule has 3 aromatic rings. The van der Waals surface area contributed by atoms with Gasteiger partial charge in [0.15, 0.2) is 11.5 Å². The third-order valence-electron chi connectivity index (χ3n) is 7.42. The summed E-state index contributed by atoms with van der Waals surface area (Å²) < 4.78 is 23.7. The molecule has 14 heteroatoms. The van der Waals surface area contributed by atoms with Crippen molar-refractivity contribution >= 4 is 17.7 Å². The second kappa shape index (κ2) is 12.3. The fourth-order valence-electron chi connectivity index (χ4n) is 5.21. The van der Waals surface area contributed by atoms with Crippen LogP contribution >= 0.6 is 0 Å². The molecule has 1 fully saturated rings. The topological polar surface area (TPSA) is 150 Å². The van der Waals surface area contributed by atoms with Gasteiger partial charge in [0.2, 0.25) is 17.7 Å². The Hall–Kier alpha value is -4.88. The fourth-order valence-corrected chi connectivity index (χ4v) is 5.21. The minimum absolute atomic E-state index is 0.0274. The molecule has 42 heavy (non-hydrogen) atoms. The number of hydrogen-bond donors (Lipinski definition) is 1. The molecule has 1 aromatic carbocycles. The summed E-state index contributed by atoms with van der Waals surface area (Å²) in [5.74, 6) is 0.167. The van der Waals surface area contributed by atoms with Crippen molar-refractivity contribution in [3.63, 3.8) is 0 Å². The number of rotatable bonds is 4. The number of ether oxygens (including phenoxy) is 4. The van der Waals surface area contributed by atoms with Gasteiger partial charge in [-0.25, -0.2) is 4.68 Å². The molecular formula is C28H33N7O7. The molecule has 3 amide bonds. The van der Waals surface area contributed by atoms with Gasteiger partial charge in [0.25, 0.3) is 11.8 Å². The van der Waals surface area contributed by atoms with E-state index in [9.17, 15) is 14.4 Å². The first kappa shape index (κ1) is 28.6. The van der Waals surface area contributed by atoms with Crippen molar-refractivity contribution in [1.82, 2.24) is 35.1 Å². The van der Waals surface area contributed by atoms with Crippen molar-refractivity contribution in [2.24, 2.45) is 5.92 Å². The Morgan fingerprint density at radius 1 is 1.07 bits per heavy atom. The van der Waals surface area contributed by atoms with Crippen molar-refractivity contribution in [2.45, 2.75) is 19.1 Å². The molecule has 2 bridgehead atoms. The Kier molecular flexibility index (Phi) is 8.41. The van der Waals surface area contributed by atoms with Crippen LogP contribution in [-0.2, 0) is 11.4 Å². The third kappa shape index (κ3) is 5.78. The summed E-state index contributed by atoms with van der Waals surface area (Å²) in [6.07, 6.45) is 1.88. The van der Waals surface area contributed by atoms with Crippen LogP contribution < -0.4 is 24.3 Å². The van der Waals surface area contributed by atoms with Crippen LogP contribution in [0.5, 0.6) is 23.3 Å². The summed E-state index contributed by atoms with van der Waals surface area (Å²) in [5.41, 5.74) is 1.12. The van der Waals surface area contributed by atoms with Crippen molar-refractivity contribution in [3.05, 3.63) is 53.3 Å². The van der Waals surface area contributed by atoms with Crippen LogP contribution in [0.4, 0.5) is 0 Å². The highest BCUT2D eigenvalue weighted by molar-refractivity contribution is 5.98. The number of methoxy groups -OCH3 is 3. The highest BCUT2D eigenvalue weighted by atomic mass is 16.5. The number of likely N-dealkylation sites (N-methyl/N-ethyl adjacent to an activating group) is 1. The van der Waals surface area contributed by atoms with Gasteiger partial charge in [-0.3, -0.25) is 14.4 Å². The highest BCUT2D eigenvalue weighted by Gasteiger charge is 2.39. The molecule has 0 saturated carbocycles. The summed E-state index contributed by atoms with van der Waals surface area (Å²) in [6.45, 7) is 1.17. The quantitative estimate of drug-likeness (QED) is 0.477. The molecule has 1 saturated heterocycles. The predicted molar refractivity (Wildman–Crippen MR) is 148 cm³/mol. The van der Waals surface area contributed by atoms with Gasteiger partial charge in [0.1, 0.15) is 17.9 Å². The van der Waals surface area contributed by atoms with Gasteiger partial charge in [-0.1, -0.05) is 11.3 Å². The molecule has 1 N–H and O–H groups in total. The predicted octanol–water partition coefficient (Wildman–Crippen LogP) is 1.18. The van der Waals surface area contributed by atoms with E-state index in [0.29, 0.717) is 41.7 Å². The number of carbonyl (C=O) groups excluding carboxylic acids is 3. The average Bonchev–Trinajstić information content (AvgIpc) is 3.65. The first-order chi connectivity index (χ1) is 20.3. The molecule has 2 atom stereocenters. The maximum absolute atomic E-state index is 13.6. The van der Waals surface area contributed by atoms with Crippen LogP contribution in [0.1, 0.15) is 38.9 Å². The highest BCUT2D eigenvalue weighted by Crippen LogP contribution is 2.34. The number of carbonyl (C=O) groups is 3. The number of pyridine rings is 1. The molecule has 2 aliphatic heterocycles. The molecule has 0 spiro atoms. The lowest BCUT2D eigenvalue weighted by molar-refractivity contribution is -0.122. The number of nitrogens with zero attached hydrogens (tertiary/aromatic N) is 6. The molecule has 222 valence electrons. The molecule has 5 rings (SSSR count). The lowest BCUT2D eigenvalue weighted by Gasteiger charge is -2.21. The molecule has 14 nitrogen and oxygen atoms in total. The second-order valence-electron chi connectivity index (χ2n) is 10.0. The van der Waals surface area contributed by atoms with E-state index in [-0.39, 0.29) is 67.2 Å². The van der Waals surface area contributed by atoms with E-state index in [2.05, 4.69) is 20.6 Å².